The molecule has 0 atom stereocenters. The highest BCUT2D eigenvalue weighted by molar-refractivity contribution is 5.88. The molecule has 1 aromatic rings. The third-order valence-corrected chi connectivity index (χ3v) is 3.46. The predicted octanol–water partition coefficient (Wildman–Crippen LogP) is 3.92. The fourth-order valence-corrected chi connectivity index (χ4v) is 2.17. The van der Waals surface area contributed by atoms with Gasteiger partial charge in [-0.25, -0.2) is 9.18 Å². The molecule has 0 unspecified atom stereocenters. The van der Waals surface area contributed by atoms with Gasteiger partial charge in [0.1, 0.15) is 5.82 Å². The van der Waals surface area contributed by atoms with Crippen LogP contribution in [0.5, 0.6) is 0 Å². The van der Waals surface area contributed by atoms with Gasteiger partial charge < -0.3 is 5.11 Å². The number of unbranched alkanes of at least 4 members (excludes halogenated alkanes) is 2. The molecule has 0 aliphatic heterocycles. The number of halogens is 1. The van der Waals surface area contributed by atoms with Crippen LogP contribution in [0.4, 0.5) is 4.39 Å². The van der Waals surface area contributed by atoms with Crippen molar-refractivity contribution in [1.29, 1.82) is 0 Å². The standard InChI is InChI=1S/C16H24FNO2/c1-4-5-6-10-18(12(2)3)11-13-8-7-9-14(15(13)17)16(19)20/h7-9,12H,4-6,10-11H2,1-3H3,(H,19,20). The molecule has 20 heavy (non-hydrogen) atoms. The van der Waals surface area contributed by atoms with Crippen molar-refractivity contribution in [2.24, 2.45) is 0 Å². The van der Waals surface area contributed by atoms with E-state index >= 15 is 0 Å². The molecule has 1 rings (SSSR count). The third-order valence-electron chi connectivity index (χ3n) is 3.46. The Kier molecular flexibility index (Phi) is 6.65. The first-order valence-corrected chi connectivity index (χ1v) is 7.22. The Bertz CT molecular complexity index is 446. The van der Waals surface area contributed by atoms with Crippen molar-refractivity contribution >= 4 is 5.97 Å². The maximum absolute atomic E-state index is 14.1. The highest BCUT2D eigenvalue weighted by atomic mass is 19.1. The van der Waals surface area contributed by atoms with Crippen LogP contribution in [-0.2, 0) is 6.54 Å². The molecule has 4 heteroatoms. The molecule has 0 amide bonds. The van der Waals surface area contributed by atoms with Crippen molar-refractivity contribution in [1.82, 2.24) is 4.90 Å². The van der Waals surface area contributed by atoms with Crippen LogP contribution in [0.1, 0.15) is 56.0 Å². The zero-order valence-electron chi connectivity index (χ0n) is 12.5. The molecule has 0 heterocycles. The fourth-order valence-electron chi connectivity index (χ4n) is 2.17. The van der Waals surface area contributed by atoms with Gasteiger partial charge in [0.2, 0.25) is 0 Å². The van der Waals surface area contributed by atoms with Gasteiger partial charge in [0.25, 0.3) is 0 Å². The van der Waals surface area contributed by atoms with Gasteiger partial charge in [0, 0.05) is 18.2 Å². The van der Waals surface area contributed by atoms with Gasteiger partial charge in [0.15, 0.2) is 0 Å². The smallest absolute Gasteiger partial charge is 0.338 e. The molecule has 112 valence electrons. The van der Waals surface area contributed by atoms with Crippen LogP contribution in [0, 0.1) is 5.82 Å². The van der Waals surface area contributed by atoms with E-state index in [-0.39, 0.29) is 5.56 Å². The van der Waals surface area contributed by atoms with Gasteiger partial charge in [-0.15, -0.1) is 0 Å². The summed E-state index contributed by atoms with van der Waals surface area (Å²) in [5.74, 6) is -1.83. The van der Waals surface area contributed by atoms with Crippen molar-refractivity contribution < 1.29 is 14.3 Å². The molecule has 0 aliphatic rings. The second-order valence-electron chi connectivity index (χ2n) is 5.36. The van der Waals surface area contributed by atoms with Gasteiger partial charge >= 0.3 is 5.97 Å². The van der Waals surface area contributed by atoms with E-state index in [1.165, 1.54) is 6.07 Å². The number of nitrogens with zero attached hydrogens (tertiary/aromatic N) is 1. The van der Waals surface area contributed by atoms with E-state index in [2.05, 4.69) is 25.7 Å². The molecule has 0 saturated heterocycles. The van der Waals surface area contributed by atoms with Crippen LogP contribution in [0.15, 0.2) is 18.2 Å². The van der Waals surface area contributed by atoms with Crippen molar-refractivity contribution in [3.05, 3.63) is 35.1 Å². The molecular formula is C16H24FNO2. The first kappa shape index (κ1) is 16.6. The lowest BCUT2D eigenvalue weighted by Gasteiger charge is -2.26. The summed E-state index contributed by atoms with van der Waals surface area (Å²) in [5, 5.41) is 8.95. The summed E-state index contributed by atoms with van der Waals surface area (Å²) in [6, 6.07) is 4.88. The summed E-state index contributed by atoms with van der Waals surface area (Å²) >= 11 is 0. The van der Waals surface area contributed by atoms with Crippen molar-refractivity contribution in [2.75, 3.05) is 6.54 Å². The summed E-state index contributed by atoms with van der Waals surface area (Å²) < 4.78 is 14.1. The molecule has 0 bridgehead atoms. The van der Waals surface area contributed by atoms with E-state index in [1.54, 1.807) is 12.1 Å². The Morgan fingerprint density at radius 1 is 1.35 bits per heavy atom. The van der Waals surface area contributed by atoms with Gasteiger partial charge in [-0.2, -0.15) is 0 Å². The average molecular weight is 281 g/mol. The van der Waals surface area contributed by atoms with Crippen LogP contribution in [0.25, 0.3) is 0 Å². The zero-order valence-corrected chi connectivity index (χ0v) is 12.5. The Hall–Kier alpha value is -1.42. The maximum Gasteiger partial charge on any atom is 0.338 e. The van der Waals surface area contributed by atoms with E-state index < -0.39 is 11.8 Å². The first-order valence-electron chi connectivity index (χ1n) is 7.22. The van der Waals surface area contributed by atoms with E-state index in [0.717, 1.165) is 25.8 Å². The van der Waals surface area contributed by atoms with Crippen molar-refractivity contribution in [2.45, 2.75) is 52.6 Å². The van der Waals surface area contributed by atoms with Gasteiger partial charge in [0.05, 0.1) is 5.56 Å². The Balaban J connectivity index is 2.83. The largest absolute Gasteiger partial charge is 0.478 e. The lowest BCUT2D eigenvalue weighted by Crippen LogP contribution is -2.31. The lowest BCUT2D eigenvalue weighted by atomic mass is 10.1. The van der Waals surface area contributed by atoms with Crippen molar-refractivity contribution in [3.63, 3.8) is 0 Å². The Morgan fingerprint density at radius 2 is 2.05 bits per heavy atom. The molecule has 0 fully saturated rings. The molecule has 3 nitrogen and oxygen atoms in total. The van der Waals surface area contributed by atoms with E-state index in [4.69, 9.17) is 5.11 Å². The monoisotopic (exact) mass is 281 g/mol. The molecule has 0 spiro atoms. The number of carboxylic acid groups (broad SMARTS) is 1. The number of carbonyl (C=O) groups is 1. The minimum absolute atomic E-state index is 0.250. The Morgan fingerprint density at radius 3 is 2.60 bits per heavy atom. The number of hydrogen-bond donors (Lipinski definition) is 1. The Labute approximate surface area is 120 Å². The second kappa shape index (κ2) is 8.00. The summed E-state index contributed by atoms with van der Waals surface area (Å²) in [6.45, 7) is 7.65. The molecule has 1 N–H and O–H groups in total. The fraction of sp³-hybridized carbons (Fsp3) is 0.562. The van der Waals surface area contributed by atoms with Gasteiger partial charge in [-0.3, -0.25) is 4.90 Å². The zero-order chi connectivity index (χ0) is 15.1. The van der Waals surface area contributed by atoms with Crippen LogP contribution in [0.3, 0.4) is 0 Å². The van der Waals surface area contributed by atoms with Crippen LogP contribution >= 0.6 is 0 Å². The summed E-state index contributed by atoms with van der Waals surface area (Å²) in [6.07, 6.45) is 3.38. The third kappa shape index (κ3) is 4.60. The number of rotatable bonds is 8. The molecule has 0 saturated carbocycles. The topological polar surface area (TPSA) is 40.5 Å². The second-order valence-corrected chi connectivity index (χ2v) is 5.36. The summed E-state index contributed by atoms with van der Waals surface area (Å²) in [4.78, 5) is 13.1. The van der Waals surface area contributed by atoms with E-state index in [0.29, 0.717) is 18.2 Å². The summed E-state index contributed by atoms with van der Waals surface area (Å²) in [7, 11) is 0. The van der Waals surface area contributed by atoms with Crippen LogP contribution in [-0.4, -0.2) is 28.6 Å². The molecule has 1 aromatic carbocycles. The minimum atomic E-state index is -1.22. The molecular weight excluding hydrogens is 257 g/mol. The first-order chi connectivity index (χ1) is 9.47. The summed E-state index contributed by atoms with van der Waals surface area (Å²) in [5.41, 5.74) is 0.204. The quantitative estimate of drug-likeness (QED) is 0.734. The number of benzene rings is 1. The average Bonchev–Trinajstić information content (AvgIpc) is 2.39. The number of hydrogen-bond acceptors (Lipinski definition) is 2. The van der Waals surface area contributed by atoms with Crippen LogP contribution < -0.4 is 0 Å². The minimum Gasteiger partial charge on any atom is -0.478 e. The lowest BCUT2D eigenvalue weighted by molar-refractivity contribution is 0.0691. The normalized spacial score (nSPS) is 11.3. The molecule has 0 aliphatic carbocycles. The van der Waals surface area contributed by atoms with Gasteiger partial charge in [-0.1, -0.05) is 31.9 Å². The van der Waals surface area contributed by atoms with Crippen LogP contribution in [0.2, 0.25) is 0 Å². The predicted molar refractivity (Wildman–Crippen MR) is 78.4 cm³/mol. The maximum atomic E-state index is 14.1. The highest BCUT2D eigenvalue weighted by Crippen LogP contribution is 2.17. The SMILES string of the molecule is CCCCCN(Cc1cccc(C(=O)O)c1F)C(C)C. The van der Waals surface area contributed by atoms with Gasteiger partial charge in [-0.05, 0) is 32.9 Å². The van der Waals surface area contributed by atoms with E-state index in [9.17, 15) is 9.18 Å². The molecule has 0 aromatic heterocycles. The van der Waals surface area contributed by atoms with Crippen molar-refractivity contribution in [3.8, 4) is 0 Å². The highest BCUT2D eigenvalue weighted by Gasteiger charge is 2.17. The number of aromatic carboxylic acids is 1. The molecule has 0 radical (unpaired) electrons. The van der Waals surface area contributed by atoms with E-state index in [1.807, 2.05) is 0 Å². The number of carboxylic acids is 1.